The zero-order valence-corrected chi connectivity index (χ0v) is 12.3. The molecule has 1 aliphatic carbocycles. The minimum absolute atomic E-state index is 0.360. The van der Waals surface area contributed by atoms with E-state index in [2.05, 4.69) is 11.9 Å². The Hall–Kier alpha value is -1.35. The number of hydrogen-bond acceptors (Lipinski definition) is 2. The average Bonchev–Trinajstić information content (AvgIpc) is 2.47. The summed E-state index contributed by atoms with van der Waals surface area (Å²) in [6, 6.07) is 7.21. The smallest absolute Gasteiger partial charge is 0.335 e. The fourth-order valence-electron chi connectivity index (χ4n) is 3.02. The van der Waals surface area contributed by atoms with Gasteiger partial charge in [0.05, 0.1) is 5.56 Å². The van der Waals surface area contributed by atoms with Crippen LogP contribution in [0, 0.1) is 5.92 Å². The van der Waals surface area contributed by atoms with E-state index in [1.807, 2.05) is 12.1 Å². The molecular weight excluding hydrogens is 250 g/mol. The first kappa shape index (κ1) is 15.0. The lowest BCUT2D eigenvalue weighted by atomic mass is 9.87. The van der Waals surface area contributed by atoms with E-state index >= 15 is 0 Å². The van der Waals surface area contributed by atoms with Crippen LogP contribution in [0.2, 0.25) is 0 Å². The number of nitrogens with zero attached hydrogens (tertiary/aromatic N) is 1. The third-order valence-electron chi connectivity index (χ3n) is 4.30. The van der Waals surface area contributed by atoms with Crippen molar-refractivity contribution in [2.24, 2.45) is 5.92 Å². The van der Waals surface area contributed by atoms with Crippen molar-refractivity contribution >= 4 is 5.97 Å². The molecule has 0 radical (unpaired) electrons. The Balaban J connectivity index is 1.75. The highest BCUT2D eigenvalue weighted by Crippen LogP contribution is 2.26. The fraction of sp³-hybridized carbons (Fsp3) is 0.588. The predicted octanol–water partition coefficient (Wildman–Crippen LogP) is 3.79. The zero-order valence-electron chi connectivity index (χ0n) is 12.3. The summed E-state index contributed by atoms with van der Waals surface area (Å²) in [5, 5.41) is 8.88. The van der Waals surface area contributed by atoms with Crippen molar-refractivity contribution in [3.8, 4) is 0 Å². The zero-order chi connectivity index (χ0) is 14.4. The van der Waals surface area contributed by atoms with Gasteiger partial charge in [0.1, 0.15) is 0 Å². The molecule has 1 aliphatic rings. The lowest BCUT2D eigenvalue weighted by Crippen LogP contribution is -2.22. The second-order valence-electron chi connectivity index (χ2n) is 6.03. The van der Waals surface area contributed by atoms with Gasteiger partial charge in [0, 0.05) is 6.54 Å². The van der Waals surface area contributed by atoms with Crippen LogP contribution < -0.4 is 0 Å². The number of carboxylic acids is 1. The number of aromatic carboxylic acids is 1. The van der Waals surface area contributed by atoms with Crippen molar-refractivity contribution in [3.05, 3.63) is 35.4 Å². The molecule has 1 aromatic rings. The van der Waals surface area contributed by atoms with Crippen LogP contribution in [0.1, 0.15) is 54.4 Å². The molecule has 2 rings (SSSR count). The van der Waals surface area contributed by atoms with Gasteiger partial charge in [-0.2, -0.15) is 0 Å². The summed E-state index contributed by atoms with van der Waals surface area (Å²) in [6.07, 6.45) is 8.34. The molecule has 0 atom stereocenters. The molecule has 1 N–H and O–H groups in total. The molecule has 0 heterocycles. The Labute approximate surface area is 121 Å². The molecule has 0 aromatic heterocycles. The summed E-state index contributed by atoms with van der Waals surface area (Å²) in [5.41, 5.74) is 1.54. The summed E-state index contributed by atoms with van der Waals surface area (Å²) < 4.78 is 0. The van der Waals surface area contributed by atoms with E-state index in [1.54, 1.807) is 12.1 Å². The van der Waals surface area contributed by atoms with Gasteiger partial charge in [0.15, 0.2) is 0 Å². The second-order valence-corrected chi connectivity index (χ2v) is 6.03. The summed E-state index contributed by atoms with van der Waals surface area (Å²) in [7, 11) is 2.15. The maximum Gasteiger partial charge on any atom is 0.335 e. The highest BCUT2D eigenvalue weighted by molar-refractivity contribution is 5.87. The Morgan fingerprint density at radius 3 is 2.45 bits per heavy atom. The topological polar surface area (TPSA) is 40.5 Å². The SMILES string of the molecule is CN(CCC1CCCCC1)Cc1ccc(C(=O)O)cc1. The van der Waals surface area contributed by atoms with Crippen LogP contribution in [-0.2, 0) is 6.54 Å². The quantitative estimate of drug-likeness (QED) is 0.858. The van der Waals surface area contributed by atoms with Gasteiger partial charge in [0.25, 0.3) is 0 Å². The van der Waals surface area contributed by atoms with Crippen molar-refractivity contribution in [3.63, 3.8) is 0 Å². The molecule has 20 heavy (non-hydrogen) atoms. The summed E-state index contributed by atoms with van der Waals surface area (Å²) in [6.45, 7) is 2.03. The van der Waals surface area contributed by atoms with Crippen LogP contribution in [0.4, 0.5) is 0 Å². The first-order chi connectivity index (χ1) is 9.65. The van der Waals surface area contributed by atoms with E-state index < -0.39 is 5.97 Å². The van der Waals surface area contributed by atoms with Gasteiger partial charge in [-0.3, -0.25) is 0 Å². The predicted molar refractivity (Wildman–Crippen MR) is 80.9 cm³/mol. The van der Waals surface area contributed by atoms with Gasteiger partial charge in [-0.1, -0.05) is 44.2 Å². The molecule has 0 spiro atoms. The standard InChI is InChI=1S/C17H25NO2/c1-18(12-11-14-5-3-2-4-6-14)13-15-7-9-16(10-8-15)17(19)20/h7-10,14H,2-6,11-13H2,1H3,(H,19,20). The van der Waals surface area contributed by atoms with Gasteiger partial charge < -0.3 is 10.0 Å². The molecule has 1 saturated carbocycles. The molecular formula is C17H25NO2. The number of rotatable bonds is 6. The van der Waals surface area contributed by atoms with E-state index in [0.29, 0.717) is 5.56 Å². The molecule has 0 bridgehead atoms. The van der Waals surface area contributed by atoms with Crippen molar-refractivity contribution in [1.29, 1.82) is 0 Å². The Morgan fingerprint density at radius 2 is 1.85 bits per heavy atom. The Bertz CT molecular complexity index is 421. The van der Waals surface area contributed by atoms with Gasteiger partial charge in [-0.15, -0.1) is 0 Å². The molecule has 0 aliphatic heterocycles. The number of carbonyl (C=O) groups is 1. The van der Waals surface area contributed by atoms with E-state index in [9.17, 15) is 4.79 Å². The average molecular weight is 275 g/mol. The largest absolute Gasteiger partial charge is 0.478 e. The van der Waals surface area contributed by atoms with Crippen molar-refractivity contribution in [1.82, 2.24) is 4.90 Å². The van der Waals surface area contributed by atoms with Gasteiger partial charge in [-0.25, -0.2) is 4.79 Å². The van der Waals surface area contributed by atoms with Crippen molar-refractivity contribution in [2.75, 3.05) is 13.6 Å². The van der Waals surface area contributed by atoms with E-state index in [-0.39, 0.29) is 0 Å². The van der Waals surface area contributed by atoms with E-state index in [1.165, 1.54) is 44.1 Å². The minimum atomic E-state index is -0.859. The molecule has 1 fully saturated rings. The Morgan fingerprint density at radius 1 is 1.20 bits per heavy atom. The maximum absolute atomic E-state index is 10.8. The number of hydrogen-bond donors (Lipinski definition) is 1. The van der Waals surface area contributed by atoms with Crippen molar-refractivity contribution < 1.29 is 9.90 Å². The van der Waals surface area contributed by atoms with Crippen LogP contribution in [0.25, 0.3) is 0 Å². The lowest BCUT2D eigenvalue weighted by molar-refractivity contribution is 0.0697. The minimum Gasteiger partial charge on any atom is -0.478 e. The maximum atomic E-state index is 10.8. The van der Waals surface area contributed by atoms with Crippen LogP contribution >= 0.6 is 0 Å². The van der Waals surface area contributed by atoms with Crippen LogP contribution in [0.3, 0.4) is 0 Å². The molecule has 3 heteroatoms. The highest BCUT2D eigenvalue weighted by Gasteiger charge is 2.14. The van der Waals surface area contributed by atoms with Gasteiger partial charge in [0.2, 0.25) is 0 Å². The highest BCUT2D eigenvalue weighted by atomic mass is 16.4. The van der Waals surface area contributed by atoms with Crippen LogP contribution in [0.5, 0.6) is 0 Å². The van der Waals surface area contributed by atoms with Crippen LogP contribution in [-0.4, -0.2) is 29.6 Å². The summed E-state index contributed by atoms with van der Waals surface area (Å²) >= 11 is 0. The van der Waals surface area contributed by atoms with Crippen LogP contribution in [0.15, 0.2) is 24.3 Å². The fourth-order valence-corrected chi connectivity index (χ4v) is 3.02. The molecule has 0 unspecified atom stereocenters. The third-order valence-corrected chi connectivity index (χ3v) is 4.30. The second kappa shape index (κ2) is 7.44. The van der Waals surface area contributed by atoms with E-state index in [0.717, 1.165) is 19.0 Å². The molecule has 0 saturated heterocycles. The third kappa shape index (κ3) is 4.64. The Kier molecular flexibility index (Phi) is 5.60. The first-order valence-corrected chi connectivity index (χ1v) is 7.66. The lowest BCUT2D eigenvalue weighted by Gasteiger charge is -2.24. The molecule has 1 aromatic carbocycles. The number of carboxylic acid groups (broad SMARTS) is 1. The molecule has 3 nitrogen and oxygen atoms in total. The van der Waals surface area contributed by atoms with Crippen molar-refractivity contribution in [2.45, 2.75) is 45.1 Å². The first-order valence-electron chi connectivity index (χ1n) is 7.66. The molecule has 0 amide bonds. The summed E-state index contributed by atoms with van der Waals surface area (Å²) in [5.74, 6) is 0.0581. The van der Waals surface area contributed by atoms with Gasteiger partial charge >= 0.3 is 5.97 Å². The summed E-state index contributed by atoms with van der Waals surface area (Å²) in [4.78, 5) is 13.1. The van der Waals surface area contributed by atoms with E-state index in [4.69, 9.17) is 5.11 Å². The monoisotopic (exact) mass is 275 g/mol. The molecule has 110 valence electrons. The number of benzene rings is 1. The normalized spacial score (nSPS) is 16.5. The van der Waals surface area contributed by atoms with Gasteiger partial charge in [-0.05, 0) is 43.6 Å².